The fourth-order valence-electron chi connectivity index (χ4n) is 4.22. The van der Waals surface area contributed by atoms with Crippen molar-refractivity contribution in [3.63, 3.8) is 0 Å². The smallest absolute Gasteiger partial charge is 0.424 e. The molecule has 1 aromatic heterocycles. The van der Waals surface area contributed by atoms with Crippen LogP contribution in [-0.2, 0) is 0 Å². The molecule has 0 radical (unpaired) electrons. The number of hydrogen-bond acceptors (Lipinski definition) is 5. The summed E-state index contributed by atoms with van der Waals surface area (Å²) in [4.78, 5) is 7.00. The molecule has 36 heavy (non-hydrogen) atoms. The number of aromatic nitrogens is 1. The van der Waals surface area contributed by atoms with Gasteiger partial charge in [-0.05, 0) is 36.6 Å². The highest BCUT2D eigenvalue weighted by Crippen LogP contribution is 2.40. The van der Waals surface area contributed by atoms with Crippen molar-refractivity contribution in [2.45, 2.75) is 31.2 Å². The Labute approximate surface area is 208 Å². The molecule has 4 aromatic rings. The van der Waals surface area contributed by atoms with Crippen LogP contribution in [0.15, 0.2) is 72.8 Å². The fraction of sp³-hybridized carbons (Fsp3) is 0.269. The number of benzene rings is 3. The molecule has 1 aliphatic rings. The van der Waals surface area contributed by atoms with Gasteiger partial charge in [-0.2, -0.15) is 22.0 Å². The van der Waals surface area contributed by atoms with Crippen molar-refractivity contribution in [2.75, 3.05) is 23.3 Å². The van der Waals surface area contributed by atoms with Gasteiger partial charge in [-0.3, -0.25) is 0 Å². The van der Waals surface area contributed by atoms with Gasteiger partial charge in [0.2, 0.25) is 0 Å². The number of thiazole rings is 1. The summed E-state index contributed by atoms with van der Waals surface area (Å²) in [5, 5.41) is 3.99. The Morgan fingerprint density at radius 2 is 1.56 bits per heavy atom. The zero-order valence-electron chi connectivity index (χ0n) is 18.9. The van der Waals surface area contributed by atoms with Gasteiger partial charge < -0.3 is 15.0 Å². The molecule has 1 fully saturated rings. The Morgan fingerprint density at radius 3 is 2.28 bits per heavy atom. The van der Waals surface area contributed by atoms with Crippen LogP contribution in [0.3, 0.4) is 0 Å². The van der Waals surface area contributed by atoms with Crippen LogP contribution >= 0.6 is 11.3 Å². The maximum absolute atomic E-state index is 13.5. The first-order chi connectivity index (χ1) is 17.2. The highest BCUT2D eigenvalue weighted by Gasteiger charge is 2.61. The van der Waals surface area contributed by atoms with E-state index in [4.69, 9.17) is 4.98 Å². The first-order valence-corrected chi connectivity index (χ1v) is 12.2. The summed E-state index contributed by atoms with van der Waals surface area (Å²) in [5.41, 5.74) is 3.28. The predicted octanol–water partition coefficient (Wildman–Crippen LogP) is 7.58. The van der Waals surface area contributed by atoms with E-state index in [2.05, 4.69) is 33.2 Å². The molecular weight excluding hydrogens is 497 g/mol. The average Bonchev–Trinajstić information content (AvgIpc) is 3.30. The summed E-state index contributed by atoms with van der Waals surface area (Å²) in [6.07, 6.45) is -9.76. The van der Waals surface area contributed by atoms with Crippen LogP contribution in [0.2, 0.25) is 0 Å². The van der Waals surface area contributed by atoms with Gasteiger partial charge in [0.25, 0.3) is 0 Å². The molecule has 0 saturated carbocycles. The lowest BCUT2D eigenvalue weighted by Crippen LogP contribution is -2.42. The van der Waals surface area contributed by atoms with E-state index in [9.17, 15) is 22.0 Å². The number of alkyl halides is 5. The van der Waals surface area contributed by atoms with Crippen molar-refractivity contribution in [3.8, 4) is 16.9 Å². The van der Waals surface area contributed by atoms with Crippen LogP contribution < -0.4 is 15.0 Å². The largest absolute Gasteiger partial charge is 0.499 e. The Balaban J connectivity index is 1.27. The molecule has 0 aliphatic carbocycles. The van der Waals surface area contributed by atoms with Gasteiger partial charge in [-0.15, -0.1) is 0 Å². The third-order valence-corrected chi connectivity index (χ3v) is 7.23. The van der Waals surface area contributed by atoms with Gasteiger partial charge in [0.15, 0.2) is 5.13 Å². The number of nitrogens with zero attached hydrogens (tertiary/aromatic N) is 2. The van der Waals surface area contributed by atoms with Crippen LogP contribution in [-0.4, -0.2) is 36.4 Å². The Morgan fingerprint density at radius 1 is 0.861 bits per heavy atom. The zero-order chi connectivity index (χ0) is 25.3. The Bertz CT molecular complexity index is 1330. The number of halogens is 5. The van der Waals surface area contributed by atoms with E-state index < -0.39 is 18.0 Å². The van der Waals surface area contributed by atoms with E-state index in [0.29, 0.717) is 25.9 Å². The van der Waals surface area contributed by atoms with E-state index in [1.807, 2.05) is 30.3 Å². The Kier molecular flexibility index (Phi) is 6.46. The minimum Gasteiger partial charge on any atom is -0.424 e. The highest BCUT2D eigenvalue weighted by molar-refractivity contribution is 7.22. The lowest BCUT2D eigenvalue weighted by atomic mass is 10.0. The Hall–Kier alpha value is -3.40. The fourth-order valence-corrected chi connectivity index (χ4v) is 5.38. The van der Waals surface area contributed by atoms with Crippen LogP contribution in [0.25, 0.3) is 21.3 Å². The van der Waals surface area contributed by atoms with Crippen LogP contribution in [0.4, 0.5) is 32.8 Å². The third kappa shape index (κ3) is 4.95. The number of rotatable bonds is 6. The second-order valence-electron chi connectivity index (χ2n) is 8.53. The molecule has 1 N–H and O–H groups in total. The molecule has 3 aromatic carbocycles. The number of hydrogen-bond donors (Lipinski definition) is 1. The van der Waals surface area contributed by atoms with Crippen molar-refractivity contribution in [2.24, 2.45) is 0 Å². The second kappa shape index (κ2) is 9.57. The number of piperidine rings is 1. The molecule has 1 saturated heterocycles. The molecule has 10 heteroatoms. The van der Waals surface area contributed by atoms with E-state index >= 15 is 0 Å². The van der Waals surface area contributed by atoms with Gasteiger partial charge in [-0.25, -0.2) is 4.98 Å². The van der Waals surface area contributed by atoms with Crippen molar-refractivity contribution in [1.29, 1.82) is 0 Å². The van der Waals surface area contributed by atoms with E-state index in [0.717, 1.165) is 32.5 Å². The molecule has 0 spiro atoms. The highest BCUT2D eigenvalue weighted by atomic mass is 32.1. The number of fused-ring (bicyclic) bond motifs is 1. The van der Waals surface area contributed by atoms with Gasteiger partial charge in [-0.1, -0.05) is 65.9 Å². The van der Waals surface area contributed by atoms with Crippen LogP contribution in [0.5, 0.6) is 5.75 Å². The normalized spacial score (nSPS) is 15.3. The van der Waals surface area contributed by atoms with Crippen LogP contribution in [0, 0.1) is 0 Å². The van der Waals surface area contributed by atoms with Crippen molar-refractivity contribution < 1.29 is 26.7 Å². The molecule has 0 unspecified atom stereocenters. The molecular formula is C26H22F5N3OS. The van der Waals surface area contributed by atoms with Crippen molar-refractivity contribution in [3.05, 3.63) is 72.8 Å². The monoisotopic (exact) mass is 519 g/mol. The number of ether oxygens (including phenoxy) is 1. The quantitative estimate of drug-likeness (QED) is 0.267. The van der Waals surface area contributed by atoms with E-state index in [1.165, 1.54) is 12.1 Å². The molecule has 188 valence electrons. The molecule has 0 bridgehead atoms. The third-order valence-electron chi connectivity index (χ3n) is 6.07. The molecule has 2 heterocycles. The van der Waals surface area contributed by atoms with Gasteiger partial charge in [0.05, 0.1) is 15.9 Å². The topological polar surface area (TPSA) is 37.4 Å². The lowest BCUT2D eigenvalue weighted by molar-refractivity contribution is -0.360. The average molecular weight is 520 g/mol. The van der Waals surface area contributed by atoms with Crippen molar-refractivity contribution >= 4 is 32.4 Å². The standard InChI is InChI=1S/C26H22F5N3OS/c27-25(28,29)26(30,31)35-22-12-5-4-10-20(22)32-18-13-15-34(16-14-18)24-33-21-11-6-9-19(23(21)36-24)17-7-2-1-3-8-17/h1-12,18,32H,13-16H2. The SMILES string of the molecule is FC(F)(F)C(F)(F)Oc1ccccc1NC1CCN(c2nc3cccc(-c4ccccc4)c3s2)CC1. The minimum atomic E-state index is -5.80. The summed E-state index contributed by atoms with van der Waals surface area (Å²) in [6, 6.07) is 21.5. The predicted molar refractivity (Wildman–Crippen MR) is 132 cm³/mol. The maximum Gasteiger partial charge on any atom is 0.499 e. The summed E-state index contributed by atoms with van der Waals surface area (Å²) >= 11 is 1.63. The van der Waals surface area contributed by atoms with E-state index in [1.54, 1.807) is 17.4 Å². The van der Waals surface area contributed by atoms with Crippen molar-refractivity contribution in [1.82, 2.24) is 4.98 Å². The number of nitrogens with one attached hydrogen (secondary N) is 1. The second-order valence-corrected chi connectivity index (χ2v) is 9.51. The van der Waals surface area contributed by atoms with E-state index in [-0.39, 0.29) is 11.7 Å². The summed E-state index contributed by atoms with van der Waals surface area (Å²) in [5.74, 6) is -0.540. The summed E-state index contributed by atoms with van der Waals surface area (Å²) < 4.78 is 69.9. The number of para-hydroxylation sites is 2. The molecule has 5 rings (SSSR count). The number of anilines is 2. The zero-order valence-corrected chi connectivity index (χ0v) is 19.8. The van der Waals surface area contributed by atoms with Crippen LogP contribution in [0.1, 0.15) is 12.8 Å². The lowest BCUT2D eigenvalue weighted by Gasteiger charge is -2.33. The van der Waals surface area contributed by atoms with Gasteiger partial charge >= 0.3 is 12.3 Å². The molecule has 4 nitrogen and oxygen atoms in total. The van der Waals surface area contributed by atoms with Gasteiger partial charge in [0.1, 0.15) is 5.75 Å². The molecule has 0 amide bonds. The first kappa shape index (κ1) is 24.3. The first-order valence-electron chi connectivity index (χ1n) is 11.4. The van der Waals surface area contributed by atoms with Gasteiger partial charge in [0, 0.05) is 24.7 Å². The summed E-state index contributed by atoms with van der Waals surface area (Å²) in [7, 11) is 0. The minimum absolute atomic E-state index is 0.104. The summed E-state index contributed by atoms with van der Waals surface area (Å²) in [6.45, 7) is 1.33. The maximum atomic E-state index is 13.5. The molecule has 1 aliphatic heterocycles. The molecule has 0 atom stereocenters.